The first-order valence-corrected chi connectivity index (χ1v) is 4.73. The fourth-order valence-electron chi connectivity index (χ4n) is 1.18. The second kappa shape index (κ2) is 3.11. The summed E-state index contributed by atoms with van der Waals surface area (Å²) in [6.45, 7) is 2.11. The van der Waals surface area contributed by atoms with E-state index >= 15 is 0 Å². The van der Waals surface area contributed by atoms with Crippen LogP contribution in [0.5, 0.6) is 0 Å². The Morgan fingerprint density at radius 1 is 1.58 bits per heavy atom. The maximum Gasteiger partial charge on any atom is 0.0972 e. The van der Waals surface area contributed by atoms with Gasteiger partial charge in [0.1, 0.15) is 0 Å². The van der Waals surface area contributed by atoms with Gasteiger partial charge in [-0.2, -0.15) is 0 Å². The molecule has 0 amide bonds. The van der Waals surface area contributed by atoms with Gasteiger partial charge < -0.3 is 5.32 Å². The Hall–Kier alpha value is -1.09. The highest BCUT2D eigenvalue weighted by Crippen LogP contribution is 2.24. The highest BCUT2D eigenvalue weighted by molar-refractivity contribution is 7.10. The van der Waals surface area contributed by atoms with Crippen LogP contribution in [0.15, 0.2) is 28.7 Å². The molecule has 12 heavy (non-hydrogen) atoms. The molecule has 2 rings (SSSR count). The van der Waals surface area contributed by atoms with Crippen molar-refractivity contribution in [3.05, 3.63) is 34.2 Å². The van der Waals surface area contributed by atoms with E-state index in [-0.39, 0.29) is 6.04 Å². The molecular formula is C9H10N2S. The van der Waals surface area contributed by atoms with Gasteiger partial charge in [-0.25, -0.2) is 0 Å². The molecule has 0 aromatic carbocycles. The minimum Gasteiger partial charge on any atom is -0.353 e. The van der Waals surface area contributed by atoms with Gasteiger partial charge in [-0.15, -0.1) is 11.3 Å². The summed E-state index contributed by atoms with van der Waals surface area (Å²) in [5, 5.41) is 5.08. The lowest BCUT2D eigenvalue weighted by molar-refractivity contribution is 0.888. The first-order valence-electron chi connectivity index (χ1n) is 3.85. The van der Waals surface area contributed by atoms with E-state index in [1.165, 1.54) is 10.4 Å². The molecule has 1 aromatic rings. The number of nitrogens with zero attached hydrogens (tertiary/aromatic N) is 1. The van der Waals surface area contributed by atoms with E-state index in [2.05, 4.69) is 34.8 Å². The van der Waals surface area contributed by atoms with Crippen LogP contribution in [0.3, 0.4) is 0 Å². The Morgan fingerprint density at radius 3 is 3.08 bits per heavy atom. The lowest BCUT2D eigenvalue weighted by Gasteiger charge is -2.08. The second-order valence-corrected chi connectivity index (χ2v) is 3.85. The van der Waals surface area contributed by atoms with E-state index in [4.69, 9.17) is 0 Å². The molecule has 1 atom stereocenters. The van der Waals surface area contributed by atoms with Gasteiger partial charge >= 0.3 is 0 Å². The molecule has 3 heteroatoms. The Balaban J connectivity index is 2.24. The molecule has 0 bridgehead atoms. The maximum absolute atomic E-state index is 4.30. The summed E-state index contributed by atoms with van der Waals surface area (Å²) in [5.41, 5.74) is 1.28. The van der Waals surface area contributed by atoms with Crippen molar-refractivity contribution in [2.24, 2.45) is 4.99 Å². The number of hydrogen-bond acceptors (Lipinski definition) is 3. The fraction of sp³-hybridized carbons (Fsp3) is 0.222. The molecule has 1 aliphatic heterocycles. The quantitative estimate of drug-likeness (QED) is 0.700. The summed E-state index contributed by atoms with van der Waals surface area (Å²) in [4.78, 5) is 5.64. The number of rotatable bonds is 1. The number of hydrogen-bond donors (Lipinski definition) is 1. The number of aryl methyl sites for hydroxylation is 1. The van der Waals surface area contributed by atoms with Crippen LogP contribution in [-0.2, 0) is 0 Å². The normalized spacial score (nSPS) is 20.9. The van der Waals surface area contributed by atoms with E-state index in [1.54, 1.807) is 17.7 Å². The molecular weight excluding hydrogens is 168 g/mol. The van der Waals surface area contributed by atoms with Crippen molar-refractivity contribution in [3.8, 4) is 0 Å². The minimum atomic E-state index is 0.219. The van der Waals surface area contributed by atoms with Crippen LogP contribution in [0.25, 0.3) is 0 Å². The zero-order chi connectivity index (χ0) is 8.39. The van der Waals surface area contributed by atoms with Crippen LogP contribution in [0.1, 0.15) is 16.5 Å². The van der Waals surface area contributed by atoms with Gasteiger partial charge in [-0.05, 0) is 30.0 Å². The molecule has 1 N–H and O–H groups in total. The van der Waals surface area contributed by atoms with Gasteiger partial charge in [0, 0.05) is 11.1 Å². The molecule has 2 nitrogen and oxygen atoms in total. The van der Waals surface area contributed by atoms with E-state index in [1.807, 2.05) is 6.20 Å². The van der Waals surface area contributed by atoms with Gasteiger partial charge in [0.15, 0.2) is 0 Å². The highest BCUT2D eigenvalue weighted by atomic mass is 32.1. The minimum absolute atomic E-state index is 0.219. The number of thiophene rings is 1. The third-order valence-electron chi connectivity index (χ3n) is 1.78. The molecule has 62 valence electrons. The summed E-state index contributed by atoms with van der Waals surface area (Å²) < 4.78 is 0. The van der Waals surface area contributed by atoms with E-state index < -0.39 is 0 Å². The van der Waals surface area contributed by atoms with Crippen molar-refractivity contribution < 1.29 is 0 Å². The molecule has 1 unspecified atom stereocenters. The van der Waals surface area contributed by atoms with Crippen molar-refractivity contribution in [3.63, 3.8) is 0 Å². The highest BCUT2D eigenvalue weighted by Gasteiger charge is 2.08. The smallest absolute Gasteiger partial charge is 0.0972 e. The SMILES string of the molecule is Cc1cc(C2C=CNC=N2)cs1. The Labute approximate surface area is 75.6 Å². The van der Waals surface area contributed by atoms with E-state index in [9.17, 15) is 0 Å². The van der Waals surface area contributed by atoms with Crippen LogP contribution in [0.2, 0.25) is 0 Å². The third-order valence-corrected chi connectivity index (χ3v) is 2.66. The van der Waals surface area contributed by atoms with Crippen LogP contribution in [-0.4, -0.2) is 6.34 Å². The van der Waals surface area contributed by atoms with E-state index in [0.717, 1.165) is 0 Å². The van der Waals surface area contributed by atoms with Gasteiger partial charge in [0.25, 0.3) is 0 Å². The lowest BCUT2D eigenvalue weighted by Crippen LogP contribution is -2.07. The fourth-order valence-corrected chi connectivity index (χ4v) is 1.91. The Bertz CT molecular complexity index is 313. The molecule has 0 fully saturated rings. The maximum atomic E-state index is 4.30. The van der Waals surface area contributed by atoms with Crippen molar-refractivity contribution in [1.82, 2.24) is 5.32 Å². The molecule has 2 heterocycles. The van der Waals surface area contributed by atoms with Gasteiger partial charge in [0.05, 0.1) is 12.4 Å². The molecule has 0 spiro atoms. The van der Waals surface area contributed by atoms with E-state index in [0.29, 0.717) is 0 Å². The first-order chi connectivity index (χ1) is 5.86. The molecule has 0 saturated heterocycles. The largest absolute Gasteiger partial charge is 0.353 e. The standard InChI is InChI=1S/C9H10N2S/c1-7-4-8(5-12-7)9-2-3-10-6-11-9/h2-6,9H,1H3,(H,10,11). The summed E-state index contributed by atoms with van der Waals surface area (Å²) in [7, 11) is 0. The van der Waals surface area contributed by atoms with Crippen molar-refractivity contribution in [2.45, 2.75) is 13.0 Å². The van der Waals surface area contributed by atoms with Crippen molar-refractivity contribution in [1.29, 1.82) is 0 Å². The summed E-state index contributed by atoms with van der Waals surface area (Å²) in [6.07, 6.45) is 5.71. The number of nitrogens with one attached hydrogen (secondary N) is 1. The molecule has 0 aliphatic carbocycles. The van der Waals surface area contributed by atoms with Crippen molar-refractivity contribution >= 4 is 17.7 Å². The Morgan fingerprint density at radius 2 is 2.50 bits per heavy atom. The van der Waals surface area contributed by atoms with Crippen LogP contribution in [0, 0.1) is 6.92 Å². The van der Waals surface area contributed by atoms with Crippen LogP contribution in [0.4, 0.5) is 0 Å². The molecule has 1 aliphatic rings. The second-order valence-electron chi connectivity index (χ2n) is 2.74. The molecule has 0 radical (unpaired) electrons. The monoisotopic (exact) mass is 178 g/mol. The Kier molecular flexibility index (Phi) is 1.96. The topological polar surface area (TPSA) is 24.4 Å². The average Bonchev–Trinajstić information content (AvgIpc) is 2.54. The van der Waals surface area contributed by atoms with Crippen LogP contribution >= 0.6 is 11.3 Å². The average molecular weight is 178 g/mol. The lowest BCUT2D eigenvalue weighted by atomic mass is 10.1. The zero-order valence-corrected chi connectivity index (χ0v) is 7.64. The zero-order valence-electron chi connectivity index (χ0n) is 6.82. The van der Waals surface area contributed by atoms with Gasteiger partial charge in [-0.3, -0.25) is 4.99 Å². The third kappa shape index (κ3) is 1.41. The van der Waals surface area contributed by atoms with Gasteiger partial charge in [-0.1, -0.05) is 0 Å². The molecule has 0 saturated carbocycles. The van der Waals surface area contributed by atoms with Gasteiger partial charge in [0.2, 0.25) is 0 Å². The summed E-state index contributed by atoms with van der Waals surface area (Å²) >= 11 is 1.77. The summed E-state index contributed by atoms with van der Waals surface area (Å²) in [6, 6.07) is 2.40. The summed E-state index contributed by atoms with van der Waals surface area (Å²) in [5.74, 6) is 0. The molecule has 1 aromatic heterocycles. The predicted molar refractivity (Wildman–Crippen MR) is 52.6 cm³/mol. The predicted octanol–water partition coefficient (Wildman–Crippen LogP) is 2.24. The first kappa shape index (κ1) is 7.55. The van der Waals surface area contributed by atoms with Crippen molar-refractivity contribution in [2.75, 3.05) is 0 Å². The number of aliphatic imine (C=N–C) groups is 1. The van der Waals surface area contributed by atoms with Crippen LogP contribution < -0.4 is 5.32 Å².